The van der Waals surface area contributed by atoms with Crippen molar-refractivity contribution in [2.45, 2.75) is 21.4 Å². The second kappa shape index (κ2) is 5.52. The molecule has 116 valence electrons. The standard InChI is InChI=1S/C4F8I2O4S/c5-1(6,13)2(7,8)17-3(9,10)4(11,12)19(15,16)18-14. The van der Waals surface area contributed by atoms with E-state index in [0.29, 0.717) is 0 Å². The molecule has 0 fully saturated rings. The molecule has 0 unspecified atom stereocenters. The van der Waals surface area contributed by atoms with Gasteiger partial charge in [-0.2, -0.15) is 46.1 Å². The highest BCUT2D eigenvalue weighted by Gasteiger charge is 2.74. The summed E-state index contributed by atoms with van der Waals surface area (Å²) in [5.41, 5.74) is 0. The first kappa shape index (κ1) is 19.8. The van der Waals surface area contributed by atoms with Gasteiger partial charge in [0.25, 0.3) is 0 Å². The molecule has 0 aliphatic rings. The summed E-state index contributed by atoms with van der Waals surface area (Å²) in [6.45, 7) is 0. The minimum atomic E-state index is -6.46. The zero-order chi connectivity index (χ0) is 15.9. The van der Waals surface area contributed by atoms with Gasteiger partial charge in [-0.3, -0.25) is 0 Å². The lowest BCUT2D eigenvalue weighted by Crippen LogP contribution is -2.54. The third-order valence-electron chi connectivity index (χ3n) is 1.32. The molecule has 19 heavy (non-hydrogen) atoms. The average molecular weight is 550 g/mol. The lowest BCUT2D eigenvalue weighted by atomic mass is 10.6. The summed E-state index contributed by atoms with van der Waals surface area (Å²) < 4.78 is 120. The predicted molar refractivity (Wildman–Crippen MR) is 58.9 cm³/mol. The molecular formula is C4F8I2O4S. The lowest BCUT2D eigenvalue weighted by molar-refractivity contribution is -0.438. The predicted octanol–water partition coefficient (Wildman–Crippen LogP) is 3.51. The Morgan fingerprint density at radius 2 is 1.21 bits per heavy atom. The number of alkyl halides is 9. The quantitative estimate of drug-likeness (QED) is 0.289. The van der Waals surface area contributed by atoms with E-state index in [-0.39, 0.29) is 45.6 Å². The van der Waals surface area contributed by atoms with Crippen molar-refractivity contribution in [2.75, 3.05) is 0 Å². The molecule has 0 spiro atoms. The second-order valence-electron chi connectivity index (χ2n) is 2.67. The highest BCUT2D eigenvalue weighted by atomic mass is 127. The molecular weight excluding hydrogens is 550 g/mol. The largest absolute Gasteiger partial charge is 0.461 e. The van der Waals surface area contributed by atoms with Crippen LogP contribution < -0.4 is 0 Å². The Bertz CT molecular complexity index is 431. The maximum absolute atomic E-state index is 12.7. The van der Waals surface area contributed by atoms with E-state index in [2.05, 4.69) is 2.51 Å². The molecule has 0 amide bonds. The van der Waals surface area contributed by atoms with Crippen LogP contribution >= 0.6 is 45.6 Å². The molecule has 0 N–H and O–H groups in total. The van der Waals surface area contributed by atoms with Crippen molar-refractivity contribution in [3.05, 3.63) is 0 Å². The van der Waals surface area contributed by atoms with E-state index in [1.807, 2.05) is 4.74 Å². The molecule has 0 aliphatic heterocycles. The van der Waals surface area contributed by atoms with Gasteiger partial charge in [0.15, 0.2) is 0 Å². The molecule has 15 heteroatoms. The zero-order valence-electron chi connectivity index (χ0n) is 7.82. The summed E-state index contributed by atoms with van der Waals surface area (Å²) in [4.78, 5) is 0. The molecule has 0 rings (SSSR count). The fraction of sp³-hybridized carbons (Fsp3) is 1.00. The SMILES string of the molecule is O=S(=O)(OI)C(F)(F)C(F)(F)OC(F)(F)C(F)(F)I. The number of hydrogen-bond donors (Lipinski definition) is 0. The van der Waals surface area contributed by atoms with Gasteiger partial charge in [0.2, 0.25) is 0 Å². The van der Waals surface area contributed by atoms with Crippen molar-refractivity contribution in [1.82, 2.24) is 0 Å². The van der Waals surface area contributed by atoms with Crippen LogP contribution in [-0.2, 0) is 17.4 Å². The monoisotopic (exact) mass is 550 g/mol. The molecule has 0 aromatic carbocycles. The van der Waals surface area contributed by atoms with Gasteiger partial charge in [0.05, 0.1) is 0 Å². The van der Waals surface area contributed by atoms with Crippen LogP contribution in [0.4, 0.5) is 35.1 Å². The van der Waals surface area contributed by atoms with E-state index in [1.54, 1.807) is 0 Å². The van der Waals surface area contributed by atoms with Crippen LogP contribution in [0.25, 0.3) is 0 Å². The van der Waals surface area contributed by atoms with Gasteiger partial charge in [0.1, 0.15) is 23.0 Å². The molecule has 0 saturated carbocycles. The van der Waals surface area contributed by atoms with Gasteiger partial charge in [-0.05, 0) is 0 Å². The molecule has 0 aromatic heterocycles. The van der Waals surface area contributed by atoms with Crippen molar-refractivity contribution in [1.29, 1.82) is 0 Å². The summed E-state index contributed by atoms with van der Waals surface area (Å²) >= 11 is -0.0961. The Hall–Kier alpha value is 0.770. The third kappa shape index (κ3) is 3.90. The molecule has 0 heterocycles. The molecule has 0 atom stereocenters. The van der Waals surface area contributed by atoms with Crippen molar-refractivity contribution < 1.29 is 50.8 Å². The van der Waals surface area contributed by atoms with Gasteiger partial charge >= 0.3 is 31.5 Å². The van der Waals surface area contributed by atoms with Crippen molar-refractivity contribution in [2.24, 2.45) is 0 Å². The highest BCUT2D eigenvalue weighted by Crippen LogP contribution is 2.49. The number of ether oxygens (including phenoxy) is 1. The summed E-state index contributed by atoms with van der Waals surface area (Å²) in [6, 6.07) is 0. The van der Waals surface area contributed by atoms with Crippen LogP contribution in [0.15, 0.2) is 0 Å². The van der Waals surface area contributed by atoms with Crippen LogP contribution in [0.3, 0.4) is 0 Å². The molecule has 0 aliphatic carbocycles. The van der Waals surface area contributed by atoms with Crippen molar-refractivity contribution >= 4 is 55.7 Å². The van der Waals surface area contributed by atoms with Crippen molar-refractivity contribution in [3.63, 3.8) is 0 Å². The maximum Gasteiger partial charge on any atom is 0.461 e. The van der Waals surface area contributed by atoms with Gasteiger partial charge in [0, 0.05) is 22.6 Å². The topological polar surface area (TPSA) is 52.6 Å². The molecule has 0 bridgehead atoms. The van der Waals surface area contributed by atoms with E-state index >= 15 is 0 Å². The Morgan fingerprint density at radius 1 is 0.842 bits per heavy atom. The van der Waals surface area contributed by atoms with Crippen molar-refractivity contribution in [3.8, 4) is 0 Å². The fourth-order valence-corrected chi connectivity index (χ4v) is 1.66. The summed E-state index contributed by atoms with van der Waals surface area (Å²) in [5.74, 6) is 0. The van der Waals surface area contributed by atoms with Crippen LogP contribution in [0.1, 0.15) is 0 Å². The van der Waals surface area contributed by atoms with Crippen LogP contribution in [0, 0.1) is 0 Å². The van der Waals surface area contributed by atoms with Gasteiger partial charge in [-0.1, -0.05) is 0 Å². The normalized spacial score (nSPS) is 15.7. The Labute approximate surface area is 127 Å². The Morgan fingerprint density at radius 3 is 1.47 bits per heavy atom. The maximum atomic E-state index is 12.7. The van der Waals surface area contributed by atoms with E-state index < -0.39 is 31.5 Å². The highest BCUT2D eigenvalue weighted by molar-refractivity contribution is 14.1. The molecule has 0 radical (unpaired) electrons. The van der Waals surface area contributed by atoms with Crippen LogP contribution in [-0.4, -0.2) is 29.8 Å². The minimum Gasteiger partial charge on any atom is -0.244 e. The fourth-order valence-electron chi connectivity index (χ4n) is 0.463. The average Bonchev–Trinajstić information content (AvgIpc) is 2.13. The van der Waals surface area contributed by atoms with Gasteiger partial charge in [-0.25, -0.2) is 4.74 Å². The van der Waals surface area contributed by atoms with Gasteiger partial charge in [-0.15, -0.1) is 0 Å². The second-order valence-corrected chi connectivity index (χ2v) is 6.65. The Kier molecular flexibility index (Phi) is 5.74. The summed E-state index contributed by atoms with van der Waals surface area (Å²) in [5, 5.41) is -6.31. The van der Waals surface area contributed by atoms with E-state index in [0.717, 1.165) is 0 Å². The molecule has 4 nitrogen and oxygen atoms in total. The number of hydrogen-bond acceptors (Lipinski definition) is 4. The first-order valence-corrected chi connectivity index (χ1v) is 6.84. The molecule has 0 aromatic rings. The first-order chi connectivity index (χ1) is 8.02. The molecule has 0 saturated heterocycles. The number of rotatable bonds is 6. The zero-order valence-corrected chi connectivity index (χ0v) is 13.0. The van der Waals surface area contributed by atoms with Crippen LogP contribution in [0.5, 0.6) is 0 Å². The van der Waals surface area contributed by atoms with Gasteiger partial charge < -0.3 is 0 Å². The van der Waals surface area contributed by atoms with E-state index in [9.17, 15) is 43.5 Å². The third-order valence-corrected chi connectivity index (χ3v) is 4.40. The smallest absolute Gasteiger partial charge is 0.244 e. The van der Waals surface area contributed by atoms with E-state index in [4.69, 9.17) is 0 Å². The lowest BCUT2D eigenvalue weighted by Gasteiger charge is -2.29. The summed E-state index contributed by atoms with van der Waals surface area (Å²) in [7, 11) is -6.38. The Balaban J connectivity index is 5.55. The minimum absolute atomic E-state index is 0.255. The first-order valence-electron chi connectivity index (χ1n) is 3.47. The summed E-state index contributed by atoms with van der Waals surface area (Å²) in [6.07, 6.45) is -12.5. The number of halogens is 10. The van der Waals surface area contributed by atoms with E-state index in [1.165, 1.54) is 0 Å². The van der Waals surface area contributed by atoms with Crippen LogP contribution in [0.2, 0.25) is 0 Å².